The zero-order chi connectivity index (χ0) is 22.4. The second-order valence-corrected chi connectivity index (χ2v) is 7.67. The molecule has 0 aliphatic carbocycles. The fourth-order valence-corrected chi connectivity index (χ4v) is 4.23. The molecule has 2 nitrogen and oxygen atoms in total. The molecule has 0 unspecified atom stereocenters. The van der Waals surface area contributed by atoms with E-state index < -0.39 is 23.9 Å². The van der Waals surface area contributed by atoms with E-state index in [0.717, 1.165) is 33.7 Å². The summed E-state index contributed by atoms with van der Waals surface area (Å²) in [5.41, 5.74) is 0.211. The Morgan fingerprint density at radius 2 is 0.844 bits per heavy atom. The van der Waals surface area contributed by atoms with Gasteiger partial charge >= 0.3 is 12.4 Å². The number of hydrogen-bond acceptors (Lipinski definition) is 2. The third kappa shape index (κ3) is 2.75. The normalized spacial score (nSPS) is 13.3. The summed E-state index contributed by atoms with van der Waals surface area (Å²) in [6.07, 6.45) is -9.18. The van der Waals surface area contributed by atoms with E-state index in [9.17, 15) is 26.3 Å². The van der Waals surface area contributed by atoms with Crippen LogP contribution in [-0.2, 0) is 12.4 Å². The molecular weight excluding hydrogens is 434 g/mol. The highest BCUT2D eigenvalue weighted by molar-refractivity contribution is 6.20. The minimum absolute atomic E-state index is 0.105. The second-order valence-electron chi connectivity index (χ2n) is 7.67. The van der Waals surface area contributed by atoms with Gasteiger partial charge in [-0.15, -0.1) is 0 Å². The van der Waals surface area contributed by atoms with E-state index in [4.69, 9.17) is 8.83 Å². The Hall–Kier alpha value is -3.68. The van der Waals surface area contributed by atoms with Gasteiger partial charge in [-0.1, -0.05) is 24.3 Å². The molecule has 0 radical (unpaired) electrons. The fraction of sp³-hybridized carbons (Fsp3) is 0.0833. The molecule has 2 aromatic heterocycles. The smallest absolute Gasteiger partial charge is 0.449 e. The number of benzene rings is 4. The van der Waals surface area contributed by atoms with Gasteiger partial charge in [-0.2, -0.15) is 26.3 Å². The molecule has 8 heteroatoms. The highest BCUT2D eigenvalue weighted by atomic mass is 19.4. The standard InChI is InChI=1S/C24H10F6O2/c25-23(26,27)21-7-13-5-11-1-3-15-16(17(11)9-19(13)31-21)4-2-12-6-14-8-22(24(28,29)30)32-20(14)10-18(12)15/h1-10H. The molecule has 32 heavy (non-hydrogen) atoms. The summed E-state index contributed by atoms with van der Waals surface area (Å²) in [5, 5.41) is 4.94. The molecule has 0 aliphatic heterocycles. The molecule has 0 fully saturated rings. The maximum Gasteiger partial charge on any atom is 0.449 e. The van der Waals surface area contributed by atoms with Crippen molar-refractivity contribution in [2.75, 3.05) is 0 Å². The topological polar surface area (TPSA) is 26.3 Å². The van der Waals surface area contributed by atoms with Crippen molar-refractivity contribution in [1.29, 1.82) is 0 Å². The average molecular weight is 444 g/mol. The molecule has 0 atom stereocenters. The van der Waals surface area contributed by atoms with Crippen molar-refractivity contribution in [3.05, 3.63) is 72.2 Å². The molecule has 160 valence electrons. The Morgan fingerprint density at radius 3 is 1.22 bits per heavy atom. The van der Waals surface area contributed by atoms with Crippen LogP contribution in [0.15, 0.2) is 69.5 Å². The first-order valence-corrected chi connectivity index (χ1v) is 9.49. The fourth-order valence-electron chi connectivity index (χ4n) is 4.23. The lowest BCUT2D eigenvalue weighted by atomic mass is 9.96. The van der Waals surface area contributed by atoms with Crippen LogP contribution in [0, 0.1) is 0 Å². The number of alkyl halides is 6. The van der Waals surface area contributed by atoms with Crippen molar-refractivity contribution in [3.63, 3.8) is 0 Å². The summed E-state index contributed by atoms with van der Waals surface area (Å²) < 4.78 is 88.2. The van der Waals surface area contributed by atoms with Crippen molar-refractivity contribution in [1.82, 2.24) is 0 Å². The lowest BCUT2D eigenvalue weighted by Crippen LogP contribution is -2.01. The number of fused-ring (bicyclic) bond motifs is 7. The molecule has 6 rings (SSSR count). The lowest BCUT2D eigenvalue weighted by molar-refractivity contribution is -0.152. The van der Waals surface area contributed by atoms with Gasteiger partial charge in [0.25, 0.3) is 0 Å². The minimum Gasteiger partial charge on any atom is -0.451 e. The number of halogens is 6. The van der Waals surface area contributed by atoms with E-state index in [1.54, 1.807) is 48.5 Å². The molecule has 0 aliphatic rings. The van der Waals surface area contributed by atoms with Crippen LogP contribution in [0.2, 0.25) is 0 Å². The second kappa shape index (κ2) is 5.97. The molecule has 0 saturated heterocycles. The van der Waals surface area contributed by atoms with Crippen LogP contribution in [-0.4, -0.2) is 0 Å². The third-order valence-electron chi connectivity index (χ3n) is 5.67. The highest BCUT2D eigenvalue weighted by Gasteiger charge is 2.36. The lowest BCUT2D eigenvalue weighted by Gasteiger charge is -2.08. The van der Waals surface area contributed by atoms with Crippen molar-refractivity contribution in [3.8, 4) is 0 Å². The van der Waals surface area contributed by atoms with E-state index in [0.29, 0.717) is 21.5 Å². The van der Waals surface area contributed by atoms with Crippen LogP contribution in [0.1, 0.15) is 11.5 Å². The van der Waals surface area contributed by atoms with Crippen LogP contribution >= 0.6 is 0 Å². The molecule has 0 bridgehead atoms. The molecular formula is C24H10F6O2. The summed E-state index contributed by atoms with van der Waals surface area (Å²) in [6, 6.07) is 15.4. The van der Waals surface area contributed by atoms with Gasteiger partial charge in [0.15, 0.2) is 0 Å². The maximum atomic E-state index is 13.0. The molecule has 0 saturated carbocycles. The molecule has 0 amide bonds. The van der Waals surface area contributed by atoms with E-state index in [1.807, 2.05) is 0 Å². The Morgan fingerprint density at radius 1 is 0.438 bits per heavy atom. The Bertz CT molecular complexity index is 1570. The van der Waals surface area contributed by atoms with Gasteiger partial charge in [-0.25, -0.2) is 0 Å². The molecule has 6 aromatic rings. The molecule has 4 aromatic carbocycles. The van der Waals surface area contributed by atoms with Gasteiger partial charge in [0.1, 0.15) is 11.2 Å². The Kier molecular flexibility index (Phi) is 3.55. The van der Waals surface area contributed by atoms with Gasteiger partial charge in [0, 0.05) is 10.8 Å². The monoisotopic (exact) mass is 444 g/mol. The molecule has 0 N–H and O–H groups in total. The molecule has 2 heterocycles. The number of rotatable bonds is 0. The van der Waals surface area contributed by atoms with Crippen LogP contribution in [0.5, 0.6) is 0 Å². The van der Waals surface area contributed by atoms with Gasteiger partial charge in [0.2, 0.25) is 11.5 Å². The maximum absolute atomic E-state index is 13.0. The van der Waals surface area contributed by atoms with Gasteiger partial charge in [-0.05, 0) is 68.7 Å². The van der Waals surface area contributed by atoms with Crippen LogP contribution < -0.4 is 0 Å². The summed E-state index contributed by atoms with van der Waals surface area (Å²) in [6.45, 7) is 0. The van der Waals surface area contributed by atoms with Gasteiger partial charge in [0.05, 0.1) is 0 Å². The van der Waals surface area contributed by atoms with E-state index >= 15 is 0 Å². The van der Waals surface area contributed by atoms with Crippen molar-refractivity contribution in [2.24, 2.45) is 0 Å². The van der Waals surface area contributed by atoms with E-state index in [2.05, 4.69) is 0 Å². The summed E-state index contributed by atoms with van der Waals surface area (Å²) >= 11 is 0. The van der Waals surface area contributed by atoms with Crippen LogP contribution in [0.3, 0.4) is 0 Å². The summed E-state index contributed by atoms with van der Waals surface area (Å²) in [5.74, 6) is -2.14. The predicted octanol–water partition coefficient (Wildman–Crippen LogP) is 8.68. The van der Waals surface area contributed by atoms with Gasteiger partial charge < -0.3 is 8.83 Å². The first-order valence-electron chi connectivity index (χ1n) is 9.49. The van der Waals surface area contributed by atoms with Crippen molar-refractivity contribution in [2.45, 2.75) is 12.4 Å². The van der Waals surface area contributed by atoms with E-state index in [1.165, 1.54) is 0 Å². The first-order chi connectivity index (χ1) is 15.1. The van der Waals surface area contributed by atoms with E-state index in [-0.39, 0.29) is 11.2 Å². The number of furan rings is 2. The SMILES string of the molecule is FC(F)(F)c1cc2cc3ccc4c5cc6oc(C(F)(F)F)cc6cc5ccc4c3cc2o1. The third-order valence-corrected chi connectivity index (χ3v) is 5.67. The predicted molar refractivity (Wildman–Crippen MR) is 109 cm³/mol. The summed E-state index contributed by atoms with van der Waals surface area (Å²) in [4.78, 5) is 0. The minimum atomic E-state index is -4.59. The van der Waals surface area contributed by atoms with Gasteiger partial charge in [-0.3, -0.25) is 0 Å². The zero-order valence-electron chi connectivity index (χ0n) is 15.9. The quantitative estimate of drug-likeness (QED) is 0.173. The summed E-state index contributed by atoms with van der Waals surface area (Å²) in [7, 11) is 0. The Balaban J connectivity index is 1.64. The number of hydrogen-bond donors (Lipinski definition) is 0. The van der Waals surface area contributed by atoms with Crippen LogP contribution in [0.4, 0.5) is 26.3 Å². The van der Waals surface area contributed by atoms with Crippen molar-refractivity contribution < 1.29 is 35.2 Å². The zero-order valence-corrected chi connectivity index (χ0v) is 15.9. The van der Waals surface area contributed by atoms with Crippen LogP contribution in [0.25, 0.3) is 54.3 Å². The largest absolute Gasteiger partial charge is 0.451 e. The average Bonchev–Trinajstić information content (AvgIpc) is 3.33. The first kappa shape index (κ1) is 19.0. The highest BCUT2D eigenvalue weighted by Crippen LogP contribution is 2.40. The Labute approximate surface area is 174 Å². The molecule has 0 spiro atoms. The van der Waals surface area contributed by atoms with Crippen molar-refractivity contribution >= 4 is 54.3 Å².